The topological polar surface area (TPSA) is 29.1 Å². The number of thioether (sulfide) groups is 1. The van der Waals surface area contributed by atoms with Crippen LogP contribution in [0.1, 0.15) is 31.9 Å². The fourth-order valence-corrected chi connectivity index (χ4v) is 2.87. The van der Waals surface area contributed by atoms with Crippen molar-refractivity contribution in [3.63, 3.8) is 0 Å². The van der Waals surface area contributed by atoms with Crippen LogP contribution in [0.15, 0.2) is 54.6 Å². The smallest absolute Gasteiger partial charge is 0.234 e. The van der Waals surface area contributed by atoms with Crippen molar-refractivity contribution in [2.75, 3.05) is 11.1 Å². The molecule has 0 aliphatic heterocycles. The van der Waals surface area contributed by atoms with Crippen LogP contribution in [0.3, 0.4) is 0 Å². The Morgan fingerprint density at radius 1 is 1.00 bits per heavy atom. The van der Waals surface area contributed by atoms with E-state index in [1.54, 1.807) is 11.8 Å². The molecule has 0 heterocycles. The standard InChI is InChI=1S/C19H23NOS/c1-19(2,3)16-9-11-17(12-10-16)20-18(21)14-22-13-15-7-5-4-6-8-15/h4-12H,13-14H2,1-3H3,(H,20,21). The third-order valence-corrected chi connectivity index (χ3v) is 4.38. The first-order valence-electron chi connectivity index (χ1n) is 7.47. The Morgan fingerprint density at radius 2 is 1.64 bits per heavy atom. The number of carbonyl (C=O) groups is 1. The molecular weight excluding hydrogens is 290 g/mol. The molecule has 116 valence electrons. The van der Waals surface area contributed by atoms with Crippen molar-refractivity contribution in [2.45, 2.75) is 31.9 Å². The number of hydrogen-bond acceptors (Lipinski definition) is 2. The molecule has 0 spiro atoms. The lowest BCUT2D eigenvalue weighted by Crippen LogP contribution is -2.15. The third-order valence-electron chi connectivity index (χ3n) is 3.38. The second kappa shape index (κ2) is 7.50. The van der Waals surface area contributed by atoms with Gasteiger partial charge in [-0.1, -0.05) is 63.2 Å². The van der Waals surface area contributed by atoms with Gasteiger partial charge in [-0.25, -0.2) is 0 Å². The first-order chi connectivity index (χ1) is 10.4. The number of carbonyl (C=O) groups excluding carboxylic acids is 1. The Kier molecular flexibility index (Phi) is 5.67. The Bertz CT molecular complexity index is 600. The van der Waals surface area contributed by atoms with Crippen LogP contribution in [0, 0.1) is 0 Å². The molecule has 0 saturated heterocycles. The maximum absolute atomic E-state index is 12.0. The average molecular weight is 313 g/mol. The van der Waals surface area contributed by atoms with Gasteiger partial charge < -0.3 is 5.32 Å². The molecule has 0 bridgehead atoms. The fourth-order valence-electron chi connectivity index (χ4n) is 2.09. The molecule has 2 rings (SSSR count). The van der Waals surface area contributed by atoms with Gasteiger partial charge in [0.05, 0.1) is 5.75 Å². The molecule has 3 heteroatoms. The van der Waals surface area contributed by atoms with Gasteiger partial charge in [0.1, 0.15) is 0 Å². The molecule has 0 unspecified atom stereocenters. The lowest BCUT2D eigenvalue weighted by atomic mass is 9.87. The summed E-state index contributed by atoms with van der Waals surface area (Å²) < 4.78 is 0. The molecule has 1 amide bonds. The number of benzene rings is 2. The predicted molar refractivity (Wildman–Crippen MR) is 96.4 cm³/mol. The van der Waals surface area contributed by atoms with Crippen molar-refractivity contribution in [3.8, 4) is 0 Å². The first-order valence-corrected chi connectivity index (χ1v) is 8.63. The summed E-state index contributed by atoms with van der Waals surface area (Å²) in [6.45, 7) is 6.54. The van der Waals surface area contributed by atoms with Gasteiger partial charge in [0.15, 0.2) is 0 Å². The second-order valence-corrected chi connectivity index (χ2v) is 7.34. The van der Waals surface area contributed by atoms with Crippen LogP contribution in [-0.4, -0.2) is 11.7 Å². The first kappa shape index (κ1) is 16.6. The average Bonchev–Trinajstić information content (AvgIpc) is 2.48. The van der Waals surface area contributed by atoms with E-state index < -0.39 is 0 Å². The van der Waals surface area contributed by atoms with Gasteiger partial charge >= 0.3 is 0 Å². The van der Waals surface area contributed by atoms with Crippen LogP contribution < -0.4 is 5.32 Å². The molecule has 0 fully saturated rings. The molecule has 0 saturated carbocycles. The van der Waals surface area contributed by atoms with E-state index in [1.165, 1.54) is 11.1 Å². The van der Waals surface area contributed by atoms with Crippen LogP contribution >= 0.6 is 11.8 Å². The van der Waals surface area contributed by atoms with E-state index in [9.17, 15) is 4.79 Å². The number of anilines is 1. The summed E-state index contributed by atoms with van der Waals surface area (Å²) in [7, 11) is 0. The van der Waals surface area contributed by atoms with Crippen molar-refractivity contribution in [3.05, 3.63) is 65.7 Å². The number of nitrogens with one attached hydrogen (secondary N) is 1. The van der Waals surface area contributed by atoms with Crippen LogP contribution in [-0.2, 0) is 16.0 Å². The molecular formula is C19H23NOS. The van der Waals surface area contributed by atoms with Crippen molar-refractivity contribution < 1.29 is 4.79 Å². The van der Waals surface area contributed by atoms with Crippen LogP contribution in [0.4, 0.5) is 5.69 Å². The van der Waals surface area contributed by atoms with E-state index in [0.717, 1.165) is 11.4 Å². The molecule has 2 aromatic rings. The van der Waals surface area contributed by atoms with E-state index in [0.29, 0.717) is 5.75 Å². The lowest BCUT2D eigenvalue weighted by molar-refractivity contribution is -0.113. The molecule has 22 heavy (non-hydrogen) atoms. The van der Waals surface area contributed by atoms with Crippen LogP contribution in [0.2, 0.25) is 0 Å². The van der Waals surface area contributed by atoms with Crippen LogP contribution in [0.5, 0.6) is 0 Å². The SMILES string of the molecule is CC(C)(C)c1ccc(NC(=O)CSCc2ccccc2)cc1. The Morgan fingerprint density at radius 3 is 2.23 bits per heavy atom. The Labute approximate surface area is 137 Å². The van der Waals surface area contributed by atoms with Crippen molar-refractivity contribution in [2.24, 2.45) is 0 Å². The van der Waals surface area contributed by atoms with E-state index in [2.05, 4.69) is 50.4 Å². The van der Waals surface area contributed by atoms with Gasteiger partial charge in [-0.3, -0.25) is 4.79 Å². The number of amides is 1. The molecule has 2 aromatic carbocycles. The summed E-state index contributed by atoms with van der Waals surface area (Å²) >= 11 is 1.63. The Balaban J connectivity index is 1.79. The molecule has 0 aliphatic rings. The minimum atomic E-state index is 0.0458. The molecule has 0 aliphatic carbocycles. The van der Waals surface area contributed by atoms with Gasteiger partial charge in [-0.15, -0.1) is 11.8 Å². The van der Waals surface area contributed by atoms with Crippen molar-refractivity contribution in [1.82, 2.24) is 0 Å². The molecule has 0 radical (unpaired) electrons. The predicted octanol–water partition coefficient (Wildman–Crippen LogP) is 4.86. The molecule has 1 N–H and O–H groups in total. The van der Waals surface area contributed by atoms with E-state index in [1.807, 2.05) is 30.3 Å². The molecule has 2 nitrogen and oxygen atoms in total. The number of hydrogen-bond donors (Lipinski definition) is 1. The van der Waals surface area contributed by atoms with Gasteiger partial charge in [0, 0.05) is 11.4 Å². The Hall–Kier alpha value is -1.74. The summed E-state index contributed by atoms with van der Waals surface area (Å²) in [5, 5.41) is 2.95. The van der Waals surface area contributed by atoms with Gasteiger partial charge in [-0.05, 0) is 28.7 Å². The molecule has 0 atom stereocenters. The third kappa shape index (κ3) is 5.23. The van der Waals surface area contributed by atoms with E-state index >= 15 is 0 Å². The number of rotatable bonds is 5. The van der Waals surface area contributed by atoms with Crippen LogP contribution in [0.25, 0.3) is 0 Å². The maximum atomic E-state index is 12.0. The van der Waals surface area contributed by atoms with Gasteiger partial charge in [-0.2, -0.15) is 0 Å². The highest BCUT2D eigenvalue weighted by atomic mass is 32.2. The highest BCUT2D eigenvalue weighted by Gasteiger charge is 2.13. The zero-order valence-electron chi connectivity index (χ0n) is 13.4. The monoisotopic (exact) mass is 313 g/mol. The van der Waals surface area contributed by atoms with Crippen molar-refractivity contribution >= 4 is 23.4 Å². The summed E-state index contributed by atoms with van der Waals surface area (Å²) in [6.07, 6.45) is 0. The fraction of sp³-hybridized carbons (Fsp3) is 0.316. The zero-order valence-corrected chi connectivity index (χ0v) is 14.2. The highest BCUT2D eigenvalue weighted by Crippen LogP contribution is 2.23. The maximum Gasteiger partial charge on any atom is 0.234 e. The summed E-state index contributed by atoms with van der Waals surface area (Å²) in [5.74, 6) is 1.37. The zero-order chi connectivity index (χ0) is 16.0. The largest absolute Gasteiger partial charge is 0.325 e. The minimum absolute atomic E-state index is 0.0458. The quantitative estimate of drug-likeness (QED) is 0.854. The minimum Gasteiger partial charge on any atom is -0.325 e. The summed E-state index contributed by atoms with van der Waals surface area (Å²) in [6, 6.07) is 18.3. The normalized spacial score (nSPS) is 11.2. The van der Waals surface area contributed by atoms with E-state index in [4.69, 9.17) is 0 Å². The lowest BCUT2D eigenvalue weighted by Gasteiger charge is -2.19. The van der Waals surface area contributed by atoms with Gasteiger partial charge in [0.25, 0.3) is 0 Å². The van der Waals surface area contributed by atoms with Crippen molar-refractivity contribution in [1.29, 1.82) is 0 Å². The van der Waals surface area contributed by atoms with E-state index in [-0.39, 0.29) is 11.3 Å². The summed E-state index contributed by atoms with van der Waals surface area (Å²) in [4.78, 5) is 12.0. The highest BCUT2D eigenvalue weighted by molar-refractivity contribution is 7.99. The molecule has 0 aromatic heterocycles. The summed E-state index contributed by atoms with van der Waals surface area (Å²) in [5.41, 5.74) is 3.51. The van der Waals surface area contributed by atoms with Gasteiger partial charge in [0.2, 0.25) is 5.91 Å². The second-order valence-electron chi connectivity index (χ2n) is 6.35.